The summed E-state index contributed by atoms with van der Waals surface area (Å²) >= 11 is 2.01. The summed E-state index contributed by atoms with van der Waals surface area (Å²) in [5.41, 5.74) is 2.78. The highest BCUT2D eigenvalue weighted by Crippen LogP contribution is 2.23. The molecule has 0 spiro atoms. The summed E-state index contributed by atoms with van der Waals surface area (Å²) in [5, 5.41) is 0. The average molecular weight is 278 g/mol. The van der Waals surface area contributed by atoms with E-state index in [0.29, 0.717) is 0 Å². The number of hydrogen-bond donors (Lipinski definition) is 0. The number of piperazine rings is 1. The lowest BCUT2D eigenvalue weighted by molar-refractivity contribution is 0.154. The predicted octanol–water partition coefficient (Wildman–Crippen LogP) is 3.03. The van der Waals surface area contributed by atoms with Crippen LogP contribution >= 0.6 is 11.8 Å². The first-order valence-electron chi connectivity index (χ1n) is 7.26. The largest absolute Gasteiger partial charge is 0.304 e. The van der Waals surface area contributed by atoms with Crippen molar-refractivity contribution in [3.63, 3.8) is 0 Å². The standard InChI is InChI=1S/C16H26N2S/c1-14-5-6-16(15(2)13-14)19-12-4-7-18-10-8-17(3)9-11-18/h5-6,13H,4,7-12H2,1-3H3. The molecule has 0 N–H and O–H groups in total. The molecule has 106 valence electrons. The summed E-state index contributed by atoms with van der Waals surface area (Å²) in [6.07, 6.45) is 1.29. The SMILES string of the molecule is Cc1ccc(SCCCN2CCN(C)CC2)c(C)c1. The molecule has 2 rings (SSSR count). The van der Waals surface area contributed by atoms with Crippen molar-refractivity contribution >= 4 is 11.8 Å². The van der Waals surface area contributed by atoms with Gasteiger partial charge in [-0.05, 0) is 51.2 Å². The van der Waals surface area contributed by atoms with Gasteiger partial charge in [-0.3, -0.25) is 0 Å². The summed E-state index contributed by atoms with van der Waals surface area (Å²) in [5.74, 6) is 1.23. The Hall–Kier alpha value is -0.510. The highest BCUT2D eigenvalue weighted by Gasteiger charge is 2.12. The number of nitrogens with zero attached hydrogens (tertiary/aromatic N) is 2. The Morgan fingerprint density at radius 1 is 1.11 bits per heavy atom. The molecular weight excluding hydrogens is 252 g/mol. The van der Waals surface area contributed by atoms with Crippen molar-refractivity contribution in [1.82, 2.24) is 9.80 Å². The predicted molar refractivity (Wildman–Crippen MR) is 85.2 cm³/mol. The molecule has 0 atom stereocenters. The number of thioether (sulfide) groups is 1. The van der Waals surface area contributed by atoms with Crippen LogP contribution in [0.25, 0.3) is 0 Å². The fourth-order valence-electron chi connectivity index (χ4n) is 2.50. The molecule has 0 aliphatic carbocycles. The van der Waals surface area contributed by atoms with Crippen molar-refractivity contribution in [1.29, 1.82) is 0 Å². The molecule has 0 amide bonds. The van der Waals surface area contributed by atoms with E-state index in [1.807, 2.05) is 11.8 Å². The second kappa shape index (κ2) is 7.32. The van der Waals surface area contributed by atoms with Gasteiger partial charge in [-0.15, -0.1) is 11.8 Å². The van der Waals surface area contributed by atoms with Gasteiger partial charge in [-0.2, -0.15) is 0 Å². The Bertz CT molecular complexity index is 398. The number of hydrogen-bond acceptors (Lipinski definition) is 3. The van der Waals surface area contributed by atoms with Crippen molar-refractivity contribution in [3.8, 4) is 0 Å². The van der Waals surface area contributed by atoms with Crippen LogP contribution in [0, 0.1) is 13.8 Å². The molecule has 1 aromatic carbocycles. The van der Waals surface area contributed by atoms with E-state index in [4.69, 9.17) is 0 Å². The van der Waals surface area contributed by atoms with E-state index >= 15 is 0 Å². The first-order valence-corrected chi connectivity index (χ1v) is 8.24. The molecule has 1 aliphatic heterocycles. The van der Waals surface area contributed by atoms with Crippen LogP contribution in [0.4, 0.5) is 0 Å². The van der Waals surface area contributed by atoms with Crippen molar-refractivity contribution in [2.75, 3.05) is 45.5 Å². The van der Waals surface area contributed by atoms with Crippen LogP contribution in [-0.2, 0) is 0 Å². The zero-order valence-electron chi connectivity index (χ0n) is 12.5. The lowest BCUT2D eigenvalue weighted by Crippen LogP contribution is -2.44. The van der Waals surface area contributed by atoms with Crippen molar-refractivity contribution in [2.45, 2.75) is 25.2 Å². The van der Waals surface area contributed by atoms with Crippen LogP contribution in [0.2, 0.25) is 0 Å². The van der Waals surface area contributed by atoms with Gasteiger partial charge in [0.15, 0.2) is 0 Å². The van der Waals surface area contributed by atoms with E-state index in [1.54, 1.807) is 0 Å². The van der Waals surface area contributed by atoms with Crippen LogP contribution in [0.3, 0.4) is 0 Å². The normalized spacial score (nSPS) is 17.8. The molecule has 1 heterocycles. The summed E-state index contributed by atoms with van der Waals surface area (Å²) in [4.78, 5) is 6.47. The summed E-state index contributed by atoms with van der Waals surface area (Å²) in [6.45, 7) is 10.6. The highest BCUT2D eigenvalue weighted by atomic mass is 32.2. The second-order valence-corrected chi connectivity index (χ2v) is 6.75. The zero-order valence-corrected chi connectivity index (χ0v) is 13.3. The molecule has 1 saturated heterocycles. The number of rotatable bonds is 5. The minimum absolute atomic E-state index is 1.23. The maximum Gasteiger partial charge on any atom is 0.0110 e. The highest BCUT2D eigenvalue weighted by molar-refractivity contribution is 7.99. The molecule has 1 aliphatic rings. The summed E-state index contributed by atoms with van der Waals surface area (Å²) in [6, 6.07) is 6.77. The van der Waals surface area contributed by atoms with Gasteiger partial charge in [0, 0.05) is 31.1 Å². The van der Waals surface area contributed by atoms with Crippen LogP contribution < -0.4 is 0 Å². The summed E-state index contributed by atoms with van der Waals surface area (Å²) in [7, 11) is 2.22. The molecule has 1 aromatic rings. The van der Waals surface area contributed by atoms with Gasteiger partial charge < -0.3 is 9.80 Å². The monoisotopic (exact) mass is 278 g/mol. The maximum atomic E-state index is 2.60. The zero-order chi connectivity index (χ0) is 13.7. The Kier molecular flexibility index (Phi) is 5.74. The topological polar surface area (TPSA) is 6.48 Å². The maximum absolute atomic E-state index is 2.60. The van der Waals surface area contributed by atoms with Gasteiger partial charge >= 0.3 is 0 Å². The van der Waals surface area contributed by atoms with Gasteiger partial charge in [-0.1, -0.05) is 17.7 Å². The number of aryl methyl sites for hydroxylation is 2. The van der Waals surface area contributed by atoms with Crippen LogP contribution in [0.15, 0.2) is 23.1 Å². The van der Waals surface area contributed by atoms with Crippen LogP contribution in [-0.4, -0.2) is 55.3 Å². The van der Waals surface area contributed by atoms with Crippen molar-refractivity contribution in [2.24, 2.45) is 0 Å². The Morgan fingerprint density at radius 2 is 1.84 bits per heavy atom. The molecule has 0 unspecified atom stereocenters. The number of likely N-dealkylation sites (N-methyl/N-ethyl adjacent to an activating group) is 1. The average Bonchev–Trinajstić information content (AvgIpc) is 2.39. The van der Waals surface area contributed by atoms with E-state index in [0.717, 1.165) is 0 Å². The molecular formula is C16H26N2S. The molecule has 0 saturated carbocycles. The van der Waals surface area contributed by atoms with E-state index in [9.17, 15) is 0 Å². The number of benzene rings is 1. The summed E-state index contributed by atoms with van der Waals surface area (Å²) < 4.78 is 0. The van der Waals surface area contributed by atoms with Crippen LogP contribution in [0.1, 0.15) is 17.5 Å². The van der Waals surface area contributed by atoms with E-state index in [-0.39, 0.29) is 0 Å². The van der Waals surface area contributed by atoms with E-state index in [1.165, 1.54) is 60.9 Å². The molecule has 19 heavy (non-hydrogen) atoms. The first kappa shape index (κ1) is 14.9. The molecule has 0 aromatic heterocycles. The van der Waals surface area contributed by atoms with Gasteiger partial charge in [0.25, 0.3) is 0 Å². The van der Waals surface area contributed by atoms with Gasteiger partial charge in [0.1, 0.15) is 0 Å². The molecule has 1 fully saturated rings. The molecule has 2 nitrogen and oxygen atoms in total. The van der Waals surface area contributed by atoms with Gasteiger partial charge in [-0.25, -0.2) is 0 Å². The molecule has 0 radical (unpaired) electrons. The fourth-order valence-corrected chi connectivity index (χ4v) is 3.45. The van der Waals surface area contributed by atoms with Crippen LogP contribution in [0.5, 0.6) is 0 Å². The molecule has 3 heteroatoms. The van der Waals surface area contributed by atoms with Crippen molar-refractivity contribution in [3.05, 3.63) is 29.3 Å². The smallest absolute Gasteiger partial charge is 0.0110 e. The van der Waals surface area contributed by atoms with Gasteiger partial charge in [0.2, 0.25) is 0 Å². The minimum Gasteiger partial charge on any atom is -0.304 e. The minimum atomic E-state index is 1.23. The third-order valence-electron chi connectivity index (χ3n) is 3.80. The first-order chi connectivity index (χ1) is 9.15. The third kappa shape index (κ3) is 4.83. The Morgan fingerprint density at radius 3 is 2.53 bits per heavy atom. The second-order valence-electron chi connectivity index (χ2n) is 5.62. The third-order valence-corrected chi connectivity index (χ3v) is 5.06. The van der Waals surface area contributed by atoms with Gasteiger partial charge in [0.05, 0.1) is 0 Å². The van der Waals surface area contributed by atoms with Crippen molar-refractivity contribution < 1.29 is 0 Å². The van der Waals surface area contributed by atoms with E-state index < -0.39 is 0 Å². The Labute approximate surface area is 122 Å². The molecule has 0 bridgehead atoms. The lowest BCUT2D eigenvalue weighted by atomic mass is 10.2. The lowest BCUT2D eigenvalue weighted by Gasteiger charge is -2.32. The van der Waals surface area contributed by atoms with E-state index in [2.05, 4.69) is 48.9 Å². The Balaban J connectivity index is 1.66. The fraction of sp³-hybridized carbons (Fsp3) is 0.625. The quantitative estimate of drug-likeness (QED) is 0.604.